The van der Waals surface area contributed by atoms with Crippen molar-refractivity contribution < 1.29 is 14.4 Å². The summed E-state index contributed by atoms with van der Waals surface area (Å²) in [6.07, 6.45) is 1.49. The number of ether oxygens (including phenoxy) is 1. The minimum atomic E-state index is -0.105. The van der Waals surface area contributed by atoms with E-state index >= 15 is 0 Å². The monoisotopic (exact) mass is 270 g/mol. The van der Waals surface area contributed by atoms with E-state index in [1.807, 2.05) is 0 Å². The third-order valence-corrected chi connectivity index (χ3v) is 3.18. The maximum atomic E-state index is 11.8. The van der Waals surface area contributed by atoms with E-state index in [4.69, 9.17) is 16.3 Å². The third kappa shape index (κ3) is 3.94. The summed E-state index contributed by atoms with van der Waals surface area (Å²) in [5, 5.41) is 3.27. The molecule has 2 heterocycles. The number of halogens is 1. The van der Waals surface area contributed by atoms with Crippen molar-refractivity contribution in [1.29, 1.82) is 0 Å². The number of amides is 1. The first-order valence-corrected chi connectivity index (χ1v) is 6.44. The van der Waals surface area contributed by atoms with Gasteiger partial charge in [0, 0.05) is 6.20 Å². The maximum absolute atomic E-state index is 11.8. The topological polar surface area (TPSA) is 55.7 Å². The largest absolute Gasteiger partial charge is 0.370 e. The van der Waals surface area contributed by atoms with Gasteiger partial charge >= 0.3 is 0 Å². The highest BCUT2D eigenvalue weighted by Gasteiger charge is 2.13. The first-order chi connectivity index (χ1) is 8.75. The van der Waals surface area contributed by atoms with E-state index in [0.717, 1.165) is 32.8 Å². The van der Waals surface area contributed by atoms with Gasteiger partial charge in [0.2, 0.25) is 0 Å². The second-order valence-corrected chi connectivity index (χ2v) is 4.63. The van der Waals surface area contributed by atoms with Gasteiger partial charge < -0.3 is 15.0 Å². The Hall–Kier alpha value is -1.17. The molecule has 0 aliphatic carbocycles. The molecule has 0 saturated carbocycles. The second kappa shape index (κ2) is 6.68. The second-order valence-electron chi connectivity index (χ2n) is 4.24. The average molecular weight is 271 g/mol. The van der Waals surface area contributed by atoms with Crippen LogP contribution in [-0.4, -0.2) is 50.3 Å². The van der Waals surface area contributed by atoms with Crippen LogP contribution in [0.3, 0.4) is 0 Å². The molecule has 1 aromatic heterocycles. The number of carbonyl (C=O) groups is 1. The summed E-state index contributed by atoms with van der Waals surface area (Å²) in [5.41, 5.74) is 0.538. The Morgan fingerprint density at radius 1 is 1.44 bits per heavy atom. The molecule has 1 amide bonds. The fourth-order valence-corrected chi connectivity index (χ4v) is 1.99. The fourth-order valence-electron chi connectivity index (χ4n) is 1.88. The van der Waals surface area contributed by atoms with E-state index in [2.05, 4.69) is 10.3 Å². The van der Waals surface area contributed by atoms with Gasteiger partial charge in [0.05, 0.1) is 31.9 Å². The van der Waals surface area contributed by atoms with Gasteiger partial charge in [-0.1, -0.05) is 11.6 Å². The first-order valence-electron chi connectivity index (χ1n) is 6.07. The highest BCUT2D eigenvalue weighted by atomic mass is 35.5. The Bertz CT molecular complexity index is 391. The summed E-state index contributed by atoms with van der Waals surface area (Å²) in [6, 6.07) is 3.29. The van der Waals surface area contributed by atoms with Gasteiger partial charge in [0.15, 0.2) is 0 Å². The number of rotatable bonds is 4. The van der Waals surface area contributed by atoms with Gasteiger partial charge in [0.1, 0.15) is 18.2 Å². The number of nitrogens with one attached hydrogen (secondary N) is 2. The maximum Gasteiger partial charge on any atom is 0.253 e. The summed E-state index contributed by atoms with van der Waals surface area (Å²) < 4.78 is 5.28. The summed E-state index contributed by atoms with van der Waals surface area (Å²) >= 11 is 5.66. The van der Waals surface area contributed by atoms with Crippen LogP contribution in [0.25, 0.3) is 0 Å². The molecule has 0 bridgehead atoms. The van der Waals surface area contributed by atoms with Crippen LogP contribution in [0.15, 0.2) is 18.3 Å². The molecular weight excluding hydrogens is 254 g/mol. The van der Waals surface area contributed by atoms with Crippen molar-refractivity contribution >= 4 is 17.5 Å². The third-order valence-electron chi connectivity index (χ3n) is 2.95. The lowest BCUT2D eigenvalue weighted by molar-refractivity contribution is -0.906. The zero-order chi connectivity index (χ0) is 12.8. The van der Waals surface area contributed by atoms with Crippen molar-refractivity contribution in [2.24, 2.45) is 0 Å². The molecule has 0 atom stereocenters. The van der Waals surface area contributed by atoms with Crippen molar-refractivity contribution in [3.63, 3.8) is 0 Å². The number of nitrogens with zero attached hydrogens (tertiary/aromatic N) is 1. The normalized spacial score (nSPS) is 16.5. The summed E-state index contributed by atoms with van der Waals surface area (Å²) in [4.78, 5) is 17.1. The van der Waals surface area contributed by atoms with Crippen LogP contribution in [0.5, 0.6) is 0 Å². The number of quaternary nitrogens is 1. The van der Waals surface area contributed by atoms with Crippen LogP contribution >= 0.6 is 11.6 Å². The van der Waals surface area contributed by atoms with E-state index in [9.17, 15) is 4.79 Å². The Morgan fingerprint density at radius 3 is 2.89 bits per heavy atom. The predicted octanol–water partition coefficient (Wildman–Crippen LogP) is -0.620. The molecule has 1 aliphatic rings. The number of hydrogen-bond donors (Lipinski definition) is 2. The lowest BCUT2D eigenvalue weighted by atomic mass is 10.2. The van der Waals surface area contributed by atoms with E-state index in [1.54, 1.807) is 12.1 Å². The quantitative estimate of drug-likeness (QED) is 0.717. The molecule has 2 N–H and O–H groups in total. The first kappa shape index (κ1) is 13.3. The minimum Gasteiger partial charge on any atom is -0.370 e. The lowest BCUT2D eigenvalue weighted by Gasteiger charge is -2.23. The minimum absolute atomic E-state index is 0.105. The van der Waals surface area contributed by atoms with Gasteiger partial charge in [-0.15, -0.1) is 0 Å². The molecule has 0 radical (unpaired) electrons. The van der Waals surface area contributed by atoms with Crippen molar-refractivity contribution in [2.75, 3.05) is 39.4 Å². The lowest BCUT2D eigenvalue weighted by Crippen LogP contribution is -3.14. The van der Waals surface area contributed by atoms with Crippen LogP contribution in [-0.2, 0) is 4.74 Å². The van der Waals surface area contributed by atoms with Gasteiger partial charge in [-0.3, -0.25) is 4.79 Å². The SMILES string of the molecule is O=C(NCC[NH+]1CCOCC1)c1ccc(Cl)nc1. The number of pyridine rings is 1. The van der Waals surface area contributed by atoms with Gasteiger partial charge in [-0.25, -0.2) is 4.98 Å². The molecule has 0 spiro atoms. The molecular formula is C12H17ClN3O2+. The molecule has 18 heavy (non-hydrogen) atoms. The van der Waals surface area contributed by atoms with Crippen molar-refractivity contribution in [3.8, 4) is 0 Å². The van der Waals surface area contributed by atoms with Gasteiger partial charge in [-0.05, 0) is 12.1 Å². The smallest absolute Gasteiger partial charge is 0.253 e. The zero-order valence-electron chi connectivity index (χ0n) is 10.1. The summed E-state index contributed by atoms with van der Waals surface area (Å²) in [6.45, 7) is 5.23. The standard InChI is InChI=1S/C12H16ClN3O2/c13-11-2-1-10(9-15-11)12(17)14-3-4-16-5-7-18-8-6-16/h1-2,9H,3-8H2,(H,14,17)/p+1. The molecule has 1 saturated heterocycles. The highest BCUT2D eigenvalue weighted by Crippen LogP contribution is 2.04. The van der Waals surface area contributed by atoms with Gasteiger partial charge in [-0.2, -0.15) is 0 Å². The van der Waals surface area contributed by atoms with Crippen LogP contribution in [0, 0.1) is 0 Å². The Morgan fingerprint density at radius 2 is 2.22 bits per heavy atom. The molecule has 2 rings (SSSR count). The molecule has 5 nitrogen and oxygen atoms in total. The van der Waals surface area contributed by atoms with Crippen molar-refractivity contribution in [3.05, 3.63) is 29.0 Å². The zero-order valence-corrected chi connectivity index (χ0v) is 10.9. The van der Waals surface area contributed by atoms with Crippen LogP contribution in [0.2, 0.25) is 5.15 Å². The van der Waals surface area contributed by atoms with Crippen LogP contribution in [0.1, 0.15) is 10.4 Å². The van der Waals surface area contributed by atoms with Crippen molar-refractivity contribution in [2.45, 2.75) is 0 Å². The van der Waals surface area contributed by atoms with E-state index < -0.39 is 0 Å². The predicted molar refractivity (Wildman–Crippen MR) is 68.0 cm³/mol. The highest BCUT2D eigenvalue weighted by molar-refractivity contribution is 6.29. The Kier molecular flexibility index (Phi) is 4.92. The summed E-state index contributed by atoms with van der Waals surface area (Å²) in [7, 11) is 0. The molecule has 1 aliphatic heterocycles. The number of carbonyl (C=O) groups excluding carboxylic acids is 1. The van der Waals surface area contributed by atoms with E-state index in [0.29, 0.717) is 17.3 Å². The molecule has 1 fully saturated rings. The molecule has 0 unspecified atom stereocenters. The molecule has 1 aromatic rings. The van der Waals surface area contributed by atoms with E-state index in [1.165, 1.54) is 11.1 Å². The molecule has 0 aromatic carbocycles. The number of morpholine rings is 1. The van der Waals surface area contributed by atoms with Crippen LogP contribution in [0.4, 0.5) is 0 Å². The van der Waals surface area contributed by atoms with Crippen LogP contribution < -0.4 is 10.2 Å². The summed E-state index contributed by atoms with van der Waals surface area (Å²) in [5.74, 6) is -0.105. The Balaban J connectivity index is 1.72. The van der Waals surface area contributed by atoms with E-state index in [-0.39, 0.29) is 5.91 Å². The molecule has 6 heteroatoms. The average Bonchev–Trinajstić information content (AvgIpc) is 2.40. The fraction of sp³-hybridized carbons (Fsp3) is 0.500. The number of aromatic nitrogens is 1. The molecule has 98 valence electrons. The Labute approximate surface area is 111 Å². The van der Waals surface area contributed by atoms with Gasteiger partial charge in [0.25, 0.3) is 5.91 Å². The van der Waals surface area contributed by atoms with Crippen molar-refractivity contribution in [1.82, 2.24) is 10.3 Å². The number of hydrogen-bond acceptors (Lipinski definition) is 3.